The van der Waals surface area contributed by atoms with Crippen LogP contribution in [0.5, 0.6) is 5.75 Å². The topological polar surface area (TPSA) is 55.8 Å². The van der Waals surface area contributed by atoms with Crippen LogP contribution in [0.1, 0.15) is 32.4 Å². The normalized spacial score (nSPS) is 12.3. The molecule has 0 aliphatic carbocycles. The molecule has 1 atom stereocenters. The minimum atomic E-state index is -0.722. The highest BCUT2D eigenvalue weighted by Crippen LogP contribution is 2.28. The fraction of sp³-hybridized carbons (Fsp3) is 0.462. The lowest BCUT2D eigenvalue weighted by Crippen LogP contribution is -2.19. The molecule has 1 N–H and O–H groups in total. The summed E-state index contributed by atoms with van der Waals surface area (Å²) in [5.74, 6) is -0.0217. The van der Waals surface area contributed by atoms with E-state index >= 15 is 0 Å². The van der Waals surface area contributed by atoms with Crippen LogP contribution in [0.15, 0.2) is 18.2 Å². The van der Waals surface area contributed by atoms with E-state index in [0.29, 0.717) is 16.3 Å². The van der Waals surface area contributed by atoms with Gasteiger partial charge < -0.3 is 14.6 Å². The number of aliphatic hydroxyl groups is 1. The lowest BCUT2D eigenvalue weighted by molar-refractivity contribution is -0.149. The number of benzene rings is 1. The fourth-order valence-corrected chi connectivity index (χ4v) is 1.59. The van der Waals surface area contributed by atoms with Crippen molar-refractivity contribution in [3.8, 4) is 5.75 Å². The van der Waals surface area contributed by atoms with E-state index in [9.17, 15) is 9.90 Å². The van der Waals surface area contributed by atoms with E-state index in [-0.39, 0.29) is 12.7 Å². The molecule has 5 heteroatoms. The summed E-state index contributed by atoms with van der Waals surface area (Å²) in [6.07, 6.45) is -0.901. The van der Waals surface area contributed by atoms with Crippen LogP contribution in [0.25, 0.3) is 0 Å². The summed E-state index contributed by atoms with van der Waals surface area (Å²) in [6.45, 7) is 4.94. The molecule has 1 aromatic rings. The van der Waals surface area contributed by atoms with E-state index in [1.807, 2.05) is 0 Å². The Morgan fingerprint density at radius 2 is 2.06 bits per heavy atom. The van der Waals surface area contributed by atoms with Crippen LogP contribution in [0, 0.1) is 0 Å². The van der Waals surface area contributed by atoms with Crippen LogP contribution in [-0.4, -0.2) is 23.8 Å². The van der Waals surface area contributed by atoms with E-state index in [1.54, 1.807) is 39.0 Å². The number of hydrogen-bond donors (Lipinski definition) is 1. The number of hydrogen-bond acceptors (Lipinski definition) is 4. The molecule has 0 aromatic heterocycles. The Balaban J connectivity index is 2.70. The van der Waals surface area contributed by atoms with Gasteiger partial charge in [0, 0.05) is 10.6 Å². The summed E-state index contributed by atoms with van der Waals surface area (Å²) in [4.78, 5) is 11.3. The van der Waals surface area contributed by atoms with Gasteiger partial charge in [-0.2, -0.15) is 0 Å². The van der Waals surface area contributed by atoms with Crippen LogP contribution in [0.4, 0.5) is 0 Å². The summed E-state index contributed by atoms with van der Waals surface area (Å²) >= 11 is 5.83. The molecule has 0 aliphatic rings. The molecule has 1 rings (SSSR count). The number of rotatable bonds is 5. The number of esters is 1. The smallest absolute Gasteiger partial charge is 0.344 e. The van der Waals surface area contributed by atoms with Gasteiger partial charge >= 0.3 is 5.97 Å². The molecule has 0 heterocycles. The molecule has 1 aromatic carbocycles. The summed E-state index contributed by atoms with van der Waals surface area (Å²) < 4.78 is 10.3. The first-order valence-corrected chi connectivity index (χ1v) is 6.07. The van der Waals surface area contributed by atoms with Gasteiger partial charge in [-0.05, 0) is 39.0 Å². The van der Waals surface area contributed by atoms with Crippen molar-refractivity contribution in [1.82, 2.24) is 0 Å². The number of carbonyl (C=O) groups excluding carboxylic acids is 1. The standard InChI is InChI=1S/C13H17ClO4/c1-8(2)18-13(16)7-17-12-5-4-10(14)6-11(12)9(3)15/h4-6,8-9,15H,7H2,1-3H3. The average Bonchev–Trinajstić information content (AvgIpc) is 2.26. The number of ether oxygens (including phenoxy) is 2. The van der Waals surface area contributed by atoms with Gasteiger partial charge in [0.1, 0.15) is 5.75 Å². The third-order valence-corrected chi connectivity index (χ3v) is 2.37. The first-order chi connectivity index (χ1) is 8.40. The third-order valence-electron chi connectivity index (χ3n) is 2.13. The highest BCUT2D eigenvalue weighted by molar-refractivity contribution is 6.30. The van der Waals surface area contributed by atoms with Crippen molar-refractivity contribution in [3.63, 3.8) is 0 Å². The zero-order valence-corrected chi connectivity index (χ0v) is 11.4. The molecule has 0 fully saturated rings. The maximum Gasteiger partial charge on any atom is 0.344 e. The van der Waals surface area contributed by atoms with Crippen molar-refractivity contribution in [3.05, 3.63) is 28.8 Å². The Morgan fingerprint density at radius 1 is 1.39 bits per heavy atom. The lowest BCUT2D eigenvalue weighted by atomic mass is 10.1. The third kappa shape index (κ3) is 4.55. The first-order valence-electron chi connectivity index (χ1n) is 5.70. The van der Waals surface area contributed by atoms with Crippen molar-refractivity contribution >= 4 is 17.6 Å². The monoisotopic (exact) mass is 272 g/mol. The SMILES string of the molecule is CC(C)OC(=O)COc1ccc(Cl)cc1C(C)O. The molecule has 0 radical (unpaired) electrons. The van der Waals surface area contributed by atoms with Gasteiger partial charge in [0.2, 0.25) is 0 Å². The largest absolute Gasteiger partial charge is 0.482 e. The van der Waals surface area contributed by atoms with Crippen molar-refractivity contribution in [2.45, 2.75) is 33.0 Å². The maximum atomic E-state index is 11.3. The summed E-state index contributed by atoms with van der Waals surface area (Å²) in [6, 6.07) is 4.86. The van der Waals surface area contributed by atoms with E-state index < -0.39 is 12.1 Å². The maximum absolute atomic E-state index is 11.3. The molecule has 0 saturated heterocycles. The van der Waals surface area contributed by atoms with Crippen LogP contribution < -0.4 is 4.74 Å². The Labute approximate surface area is 111 Å². The summed E-state index contributed by atoms with van der Waals surface area (Å²) in [5.41, 5.74) is 0.542. The summed E-state index contributed by atoms with van der Waals surface area (Å²) in [5, 5.41) is 10.1. The molecule has 0 bridgehead atoms. The Bertz CT molecular complexity index is 415. The minimum absolute atomic E-state index is 0.178. The van der Waals surface area contributed by atoms with Crippen LogP contribution in [0.2, 0.25) is 5.02 Å². The van der Waals surface area contributed by atoms with E-state index in [4.69, 9.17) is 21.1 Å². The zero-order valence-electron chi connectivity index (χ0n) is 10.6. The molecular formula is C13H17ClO4. The van der Waals surface area contributed by atoms with Crippen molar-refractivity contribution in [1.29, 1.82) is 0 Å². The van der Waals surface area contributed by atoms with Crippen molar-refractivity contribution < 1.29 is 19.4 Å². The molecule has 18 heavy (non-hydrogen) atoms. The first kappa shape index (κ1) is 14.8. The van der Waals surface area contributed by atoms with Crippen LogP contribution in [0.3, 0.4) is 0 Å². The fourth-order valence-electron chi connectivity index (χ4n) is 1.41. The second kappa shape index (κ2) is 6.61. The van der Waals surface area contributed by atoms with E-state index in [2.05, 4.69) is 0 Å². The highest BCUT2D eigenvalue weighted by atomic mass is 35.5. The second-order valence-electron chi connectivity index (χ2n) is 4.19. The predicted molar refractivity (Wildman–Crippen MR) is 68.8 cm³/mol. The van der Waals surface area contributed by atoms with Gasteiger partial charge in [-0.3, -0.25) is 0 Å². The molecule has 1 unspecified atom stereocenters. The Morgan fingerprint density at radius 3 is 2.61 bits per heavy atom. The number of halogens is 1. The quantitative estimate of drug-likeness (QED) is 0.838. The van der Waals surface area contributed by atoms with Gasteiger partial charge in [-0.1, -0.05) is 11.6 Å². The van der Waals surface area contributed by atoms with Crippen molar-refractivity contribution in [2.75, 3.05) is 6.61 Å². The van der Waals surface area contributed by atoms with Crippen molar-refractivity contribution in [2.24, 2.45) is 0 Å². The molecule has 0 aliphatic heterocycles. The van der Waals surface area contributed by atoms with Crippen LogP contribution in [-0.2, 0) is 9.53 Å². The minimum Gasteiger partial charge on any atom is -0.482 e. The zero-order chi connectivity index (χ0) is 13.7. The molecule has 4 nitrogen and oxygen atoms in total. The molecule has 0 amide bonds. The van der Waals surface area contributed by atoms with E-state index in [1.165, 1.54) is 0 Å². The molecule has 0 spiro atoms. The molecular weight excluding hydrogens is 256 g/mol. The van der Waals surface area contributed by atoms with Gasteiger partial charge in [0.15, 0.2) is 6.61 Å². The summed E-state index contributed by atoms with van der Waals surface area (Å²) in [7, 11) is 0. The Kier molecular flexibility index (Phi) is 5.44. The highest BCUT2D eigenvalue weighted by Gasteiger charge is 2.12. The molecule has 0 saturated carbocycles. The van der Waals surface area contributed by atoms with Gasteiger partial charge in [-0.25, -0.2) is 4.79 Å². The number of aliphatic hydroxyl groups excluding tert-OH is 1. The lowest BCUT2D eigenvalue weighted by Gasteiger charge is -2.14. The number of carbonyl (C=O) groups is 1. The van der Waals surface area contributed by atoms with Gasteiger partial charge in [-0.15, -0.1) is 0 Å². The van der Waals surface area contributed by atoms with Gasteiger partial charge in [0.25, 0.3) is 0 Å². The molecule has 100 valence electrons. The van der Waals surface area contributed by atoms with Gasteiger partial charge in [0.05, 0.1) is 12.2 Å². The Hall–Kier alpha value is -1.26. The van der Waals surface area contributed by atoms with Crippen LogP contribution >= 0.6 is 11.6 Å². The predicted octanol–water partition coefficient (Wildman–Crippen LogP) is 2.72. The second-order valence-corrected chi connectivity index (χ2v) is 4.62. The van der Waals surface area contributed by atoms with E-state index in [0.717, 1.165) is 0 Å². The average molecular weight is 273 g/mol.